The summed E-state index contributed by atoms with van der Waals surface area (Å²) in [5.74, 6) is -0.903. The zero-order chi connectivity index (χ0) is 25.3. The van der Waals surface area contributed by atoms with Gasteiger partial charge in [0, 0.05) is 19.6 Å². The second-order valence-electron chi connectivity index (χ2n) is 9.33. The Morgan fingerprint density at radius 1 is 0.833 bits per heavy atom. The second kappa shape index (κ2) is 9.72. The Labute approximate surface area is 209 Å². The van der Waals surface area contributed by atoms with Gasteiger partial charge in [0.05, 0.1) is 16.6 Å². The van der Waals surface area contributed by atoms with Crippen molar-refractivity contribution >= 4 is 15.9 Å². The summed E-state index contributed by atoms with van der Waals surface area (Å²) in [5, 5.41) is 3.54. The van der Waals surface area contributed by atoms with E-state index in [0.717, 1.165) is 23.3 Å². The number of halogens is 2. The molecule has 2 heterocycles. The Kier molecular flexibility index (Phi) is 6.63. The van der Waals surface area contributed by atoms with E-state index >= 15 is 0 Å². The number of piperidine rings is 1. The Bertz CT molecular complexity index is 1320. The summed E-state index contributed by atoms with van der Waals surface area (Å²) in [7, 11) is -3.79. The summed E-state index contributed by atoms with van der Waals surface area (Å²) >= 11 is 0. The van der Waals surface area contributed by atoms with Crippen molar-refractivity contribution in [3.8, 4) is 0 Å². The zero-order valence-electron chi connectivity index (χ0n) is 19.6. The first kappa shape index (κ1) is 24.5. The highest BCUT2D eigenvalue weighted by molar-refractivity contribution is 7.89. The van der Waals surface area contributed by atoms with Crippen LogP contribution in [0.4, 0.5) is 8.78 Å². The van der Waals surface area contributed by atoms with Gasteiger partial charge in [-0.25, -0.2) is 17.2 Å². The SMILES string of the molecule is O=C1[C@@H](Cc2ccccc2)NC2(CCN(S(=O)(=O)c3ccc(F)cc3)CC2)N1Cc1ccc(F)cc1. The van der Waals surface area contributed by atoms with E-state index in [1.807, 2.05) is 30.3 Å². The molecule has 1 spiro atoms. The lowest BCUT2D eigenvalue weighted by Gasteiger charge is -2.44. The van der Waals surface area contributed by atoms with Crippen LogP contribution in [0.15, 0.2) is 83.8 Å². The van der Waals surface area contributed by atoms with Crippen LogP contribution in [0.1, 0.15) is 24.0 Å². The first-order valence-corrected chi connectivity index (χ1v) is 13.3. The van der Waals surface area contributed by atoms with Crippen molar-refractivity contribution in [2.75, 3.05) is 13.1 Å². The molecule has 5 rings (SSSR count). The largest absolute Gasteiger partial charge is 0.319 e. The van der Waals surface area contributed by atoms with Gasteiger partial charge in [-0.3, -0.25) is 10.1 Å². The molecule has 0 aromatic heterocycles. The molecule has 1 N–H and O–H groups in total. The van der Waals surface area contributed by atoms with E-state index in [4.69, 9.17) is 0 Å². The number of carbonyl (C=O) groups is 1. The van der Waals surface area contributed by atoms with Crippen molar-refractivity contribution in [2.24, 2.45) is 0 Å². The maximum atomic E-state index is 13.6. The van der Waals surface area contributed by atoms with Gasteiger partial charge in [-0.05, 0) is 66.8 Å². The highest BCUT2D eigenvalue weighted by Crippen LogP contribution is 2.36. The van der Waals surface area contributed by atoms with Crippen molar-refractivity contribution in [1.82, 2.24) is 14.5 Å². The molecule has 2 saturated heterocycles. The van der Waals surface area contributed by atoms with Crippen molar-refractivity contribution in [1.29, 1.82) is 0 Å². The standard InChI is InChI=1S/C27H27F2N3O3S/c28-22-8-6-21(7-9-22)19-32-26(33)25(18-20-4-2-1-3-5-20)30-27(32)14-16-31(17-15-27)36(34,35)24-12-10-23(29)11-13-24/h1-13,25,30H,14-19H2/t25-/m1/s1. The van der Waals surface area contributed by atoms with Crippen LogP contribution in [0.5, 0.6) is 0 Å². The van der Waals surface area contributed by atoms with Gasteiger partial charge in [0.25, 0.3) is 0 Å². The molecule has 2 aliphatic heterocycles. The normalized spacial score (nSPS) is 20.2. The number of hydrogen-bond acceptors (Lipinski definition) is 4. The Morgan fingerprint density at radius 3 is 2.03 bits per heavy atom. The van der Waals surface area contributed by atoms with Gasteiger partial charge in [0.15, 0.2) is 0 Å². The quantitative estimate of drug-likeness (QED) is 0.548. The van der Waals surface area contributed by atoms with Gasteiger partial charge >= 0.3 is 0 Å². The lowest BCUT2D eigenvalue weighted by Crippen LogP contribution is -2.59. The fourth-order valence-electron chi connectivity index (χ4n) is 5.12. The Morgan fingerprint density at radius 2 is 1.42 bits per heavy atom. The molecular weight excluding hydrogens is 484 g/mol. The van der Waals surface area contributed by atoms with E-state index in [-0.39, 0.29) is 29.7 Å². The van der Waals surface area contributed by atoms with Crippen LogP contribution >= 0.6 is 0 Å². The molecule has 6 nitrogen and oxygen atoms in total. The Hall–Kier alpha value is -3.14. The van der Waals surface area contributed by atoms with Crippen LogP contribution in [0.25, 0.3) is 0 Å². The number of rotatable bonds is 6. The molecule has 0 bridgehead atoms. The average Bonchev–Trinajstić information content (AvgIpc) is 3.11. The molecule has 2 aliphatic rings. The number of nitrogens with one attached hydrogen (secondary N) is 1. The van der Waals surface area contributed by atoms with Crippen LogP contribution < -0.4 is 5.32 Å². The van der Waals surface area contributed by atoms with E-state index < -0.39 is 27.5 Å². The van der Waals surface area contributed by atoms with Crippen LogP contribution in [-0.4, -0.2) is 48.3 Å². The minimum Gasteiger partial charge on any atom is -0.319 e. The van der Waals surface area contributed by atoms with E-state index in [2.05, 4.69) is 5.32 Å². The van der Waals surface area contributed by atoms with E-state index in [1.54, 1.807) is 17.0 Å². The van der Waals surface area contributed by atoms with Crippen molar-refractivity contribution in [2.45, 2.75) is 42.4 Å². The van der Waals surface area contributed by atoms with Crippen molar-refractivity contribution in [3.05, 3.63) is 102 Å². The summed E-state index contributed by atoms with van der Waals surface area (Å²) in [6.45, 7) is 0.706. The van der Waals surface area contributed by atoms with Gasteiger partial charge in [-0.2, -0.15) is 4.31 Å². The number of amides is 1. The highest BCUT2D eigenvalue weighted by atomic mass is 32.2. The van der Waals surface area contributed by atoms with Crippen LogP contribution in [0.2, 0.25) is 0 Å². The maximum absolute atomic E-state index is 13.6. The van der Waals surface area contributed by atoms with Crippen LogP contribution in [0, 0.1) is 11.6 Å². The highest BCUT2D eigenvalue weighted by Gasteiger charge is 2.52. The first-order chi connectivity index (χ1) is 17.3. The maximum Gasteiger partial charge on any atom is 0.243 e. The molecular formula is C27H27F2N3O3S. The van der Waals surface area contributed by atoms with Crippen molar-refractivity contribution < 1.29 is 22.0 Å². The van der Waals surface area contributed by atoms with E-state index in [0.29, 0.717) is 25.8 Å². The fourth-order valence-corrected chi connectivity index (χ4v) is 6.56. The first-order valence-electron chi connectivity index (χ1n) is 11.9. The van der Waals surface area contributed by atoms with Gasteiger partial charge < -0.3 is 4.90 Å². The second-order valence-corrected chi connectivity index (χ2v) is 11.3. The number of benzene rings is 3. The molecule has 3 aromatic carbocycles. The topological polar surface area (TPSA) is 69.7 Å². The molecule has 1 atom stereocenters. The molecule has 3 aromatic rings. The van der Waals surface area contributed by atoms with Gasteiger partial charge in [-0.1, -0.05) is 42.5 Å². The molecule has 9 heteroatoms. The average molecular weight is 512 g/mol. The van der Waals surface area contributed by atoms with Gasteiger partial charge in [0.2, 0.25) is 15.9 Å². The summed E-state index contributed by atoms with van der Waals surface area (Å²) in [6.07, 6.45) is 1.30. The molecule has 188 valence electrons. The van der Waals surface area contributed by atoms with Gasteiger partial charge in [0.1, 0.15) is 11.6 Å². The van der Waals surface area contributed by atoms with Gasteiger partial charge in [-0.15, -0.1) is 0 Å². The summed E-state index contributed by atoms with van der Waals surface area (Å²) in [4.78, 5) is 15.4. The molecule has 36 heavy (non-hydrogen) atoms. The predicted octanol–water partition coefficient (Wildman–Crippen LogP) is 3.69. The monoisotopic (exact) mass is 511 g/mol. The Balaban J connectivity index is 1.39. The number of sulfonamides is 1. The lowest BCUT2D eigenvalue weighted by molar-refractivity contribution is -0.134. The van der Waals surface area contributed by atoms with E-state index in [1.165, 1.54) is 28.6 Å². The summed E-state index contributed by atoms with van der Waals surface area (Å²) < 4.78 is 54.5. The van der Waals surface area contributed by atoms with Crippen molar-refractivity contribution in [3.63, 3.8) is 0 Å². The minimum absolute atomic E-state index is 0.0421. The molecule has 2 fully saturated rings. The molecule has 0 saturated carbocycles. The molecule has 1 amide bonds. The number of carbonyl (C=O) groups excluding carboxylic acids is 1. The fraction of sp³-hybridized carbons (Fsp3) is 0.296. The third-order valence-corrected chi connectivity index (χ3v) is 8.97. The third kappa shape index (κ3) is 4.78. The zero-order valence-corrected chi connectivity index (χ0v) is 20.4. The third-order valence-electron chi connectivity index (χ3n) is 7.06. The molecule has 0 unspecified atom stereocenters. The number of hydrogen-bond donors (Lipinski definition) is 1. The molecule has 0 radical (unpaired) electrons. The minimum atomic E-state index is -3.79. The lowest BCUT2D eigenvalue weighted by atomic mass is 9.96. The molecule has 0 aliphatic carbocycles. The van der Waals surface area contributed by atoms with E-state index in [9.17, 15) is 22.0 Å². The smallest absolute Gasteiger partial charge is 0.243 e. The number of nitrogens with zero attached hydrogens (tertiary/aromatic N) is 2. The van der Waals surface area contributed by atoms with Crippen LogP contribution in [0.3, 0.4) is 0 Å². The summed E-state index contributed by atoms with van der Waals surface area (Å²) in [5.41, 5.74) is 1.10. The predicted molar refractivity (Wildman–Crippen MR) is 131 cm³/mol. The summed E-state index contributed by atoms with van der Waals surface area (Å²) in [6, 6.07) is 20.1. The van der Waals surface area contributed by atoms with Crippen LogP contribution in [-0.2, 0) is 27.8 Å².